The van der Waals surface area contributed by atoms with Crippen molar-refractivity contribution in [1.29, 1.82) is 0 Å². The Kier molecular flexibility index (Phi) is 1.71. The monoisotopic (exact) mass is 196 g/mol. The summed E-state index contributed by atoms with van der Waals surface area (Å²) in [6.07, 6.45) is 3.35. The van der Waals surface area contributed by atoms with Gasteiger partial charge in [-0.05, 0) is 18.2 Å². The molecule has 0 aliphatic heterocycles. The summed E-state index contributed by atoms with van der Waals surface area (Å²) in [5.74, 6) is 0.825. The Labute approximate surface area is 86.0 Å². The SMILES string of the molecule is c1ccc2[nH]c(-c3ccnnc3)nc2c1. The number of hydrogen-bond acceptors (Lipinski definition) is 3. The molecule has 0 saturated carbocycles. The number of H-pyrrole nitrogens is 1. The highest BCUT2D eigenvalue weighted by atomic mass is 15.1. The third-order valence-electron chi connectivity index (χ3n) is 2.25. The standard InChI is InChI=1S/C11H8N4/c1-2-4-10-9(3-1)14-11(15-10)8-5-6-12-13-7-8/h1-7H,(H,14,15). The summed E-state index contributed by atoms with van der Waals surface area (Å²) in [5.41, 5.74) is 2.94. The van der Waals surface area contributed by atoms with Crippen molar-refractivity contribution in [2.24, 2.45) is 0 Å². The molecule has 1 N–H and O–H groups in total. The van der Waals surface area contributed by atoms with Crippen molar-refractivity contribution in [3.05, 3.63) is 42.7 Å². The average Bonchev–Trinajstić information content (AvgIpc) is 2.74. The van der Waals surface area contributed by atoms with Crippen molar-refractivity contribution < 1.29 is 0 Å². The topological polar surface area (TPSA) is 54.5 Å². The largest absolute Gasteiger partial charge is 0.338 e. The van der Waals surface area contributed by atoms with Crippen LogP contribution in [0.3, 0.4) is 0 Å². The predicted molar refractivity (Wildman–Crippen MR) is 57.1 cm³/mol. The van der Waals surface area contributed by atoms with Gasteiger partial charge in [-0.15, -0.1) is 0 Å². The van der Waals surface area contributed by atoms with Gasteiger partial charge in [0.25, 0.3) is 0 Å². The Morgan fingerprint density at radius 1 is 1.00 bits per heavy atom. The number of benzene rings is 1. The maximum Gasteiger partial charge on any atom is 0.140 e. The Bertz CT molecular complexity index is 553. The highest BCUT2D eigenvalue weighted by Crippen LogP contribution is 2.18. The average molecular weight is 196 g/mol. The molecule has 0 atom stereocenters. The van der Waals surface area contributed by atoms with Crippen molar-refractivity contribution in [3.8, 4) is 11.4 Å². The number of aromatic nitrogens is 4. The van der Waals surface area contributed by atoms with Crippen LogP contribution in [-0.2, 0) is 0 Å². The maximum absolute atomic E-state index is 4.46. The van der Waals surface area contributed by atoms with Gasteiger partial charge in [-0.1, -0.05) is 12.1 Å². The molecular formula is C11H8N4. The van der Waals surface area contributed by atoms with Crippen molar-refractivity contribution in [2.75, 3.05) is 0 Å². The van der Waals surface area contributed by atoms with Gasteiger partial charge in [0.05, 0.1) is 23.4 Å². The van der Waals surface area contributed by atoms with Crippen molar-refractivity contribution in [3.63, 3.8) is 0 Å². The number of nitrogens with zero attached hydrogens (tertiary/aromatic N) is 3. The van der Waals surface area contributed by atoms with Crippen molar-refractivity contribution >= 4 is 11.0 Å². The molecule has 0 spiro atoms. The van der Waals surface area contributed by atoms with Gasteiger partial charge in [0.1, 0.15) is 5.82 Å². The van der Waals surface area contributed by atoms with E-state index in [1.165, 1.54) is 0 Å². The van der Waals surface area contributed by atoms with E-state index in [0.717, 1.165) is 22.4 Å². The minimum absolute atomic E-state index is 0.825. The molecule has 2 heterocycles. The lowest BCUT2D eigenvalue weighted by atomic mass is 10.3. The van der Waals surface area contributed by atoms with E-state index in [0.29, 0.717) is 0 Å². The minimum Gasteiger partial charge on any atom is -0.338 e. The second kappa shape index (κ2) is 3.16. The molecule has 4 heteroatoms. The summed E-state index contributed by atoms with van der Waals surface area (Å²) in [6, 6.07) is 9.81. The molecule has 0 radical (unpaired) electrons. The fourth-order valence-electron chi connectivity index (χ4n) is 1.52. The van der Waals surface area contributed by atoms with Crippen molar-refractivity contribution in [1.82, 2.24) is 20.2 Å². The van der Waals surface area contributed by atoms with E-state index in [9.17, 15) is 0 Å². The second-order valence-corrected chi connectivity index (χ2v) is 3.23. The summed E-state index contributed by atoms with van der Waals surface area (Å²) in [7, 11) is 0. The summed E-state index contributed by atoms with van der Waals surface area (Å²) >= 11 is 0. The first kappa shape index (κ1) is 8.11. The zero-order valence-corrected chi connectivity index (χ0v) is 7.88. The quantitative estimate of drug-likeness (QED) is 0.647. The molecule has 1 aromatic carbocycles. The third kappa shape index (κ3) is 1.36. The van der Waals surface area contributed by atoms with Crippen LogP contribution < -0.4 is 0 Å². The first-order chi connectivity index (χ1) is 7.43. The van der Waals surface area contributed by atoms with Crippen LogP contribution in [0.4, 0.5) is 0 Å². The molecule has 0 amide bonds. The molecule has 4 nitrogen and oxygen atoms in total. The van der Waals surface area contributed by atoms with Gasteiger partial charge in [0.15, 0.2) is 0 Å². The summed E-state index contributed by atoms with van der Waals surface area (Å²) in [4.78, 5) is 7.69. The van der Waals surface area contributed by atoms with Gasteiger partial charge < -0.3 is 4.98 Å². The fourth-order valence-corrected chi connectivity index (χ4v) is 1.52. The summed E-state index contributed by atoms with van der Waals surface area (Å²) in [5, 5.41) is 7.55. The van der Waals surface area contributed by atoms with Gasteiger partial charge in [-0.3, -0.25) is 0 Å². The lowest BCUT2D eigenvalue weighted by molar-refractivity contribution is 1.03. The van der Waals surface area contributed by atoms with Crippen LogP contribution in [0.25, 0.3) is 22.4 Å². The number of para-hydroxylation sites is 2. The molecule has 0 fully saturated rings. The highest BCUT2D eigenvalue weighted by molar-refractivity contribution is 5.78. The van der Waals surface area contributed by atoms with Crippen LogP contribution >= 0.6 is 0 Å². The van der Waals surface area contributed by atoms with E-state index >= 15 is 0 Å². The van der Waals surface area contributed by atoms with Gasteiger partial charge in [-0.2, -0.15) is 10.2 Å². The number of aromatic amines is 1. The number of nitrogens with one attached hydrogen (secondary N) is 1. The zero-order chi connectivity index (χ0) is 10.1. The Balaban J connectivity index is 2.21. The molecule has 2 aromatic heterocycles. The van der Waals surface area contributed by atoms with Gasteiger partial charge in [-0.25, -0.2) is 4.98 Å². The normalized spacial score (nSPS) is 10.7. The predicted octanol–water partition coefficient (Wildman–Crippen LogP) is 2.02. The maximum atomic E-state index is 4.46. The first-order valence-corrected chi connectivity index (χ1v) is 4.65. The van der Waals surface area contributed by atoms with Crippen LogP contribution in [0.5, 0.6) is 0 Å². The minimum atomic E-state index is 0.825. The molecule has 3 aromatic rings. The van der Waals surface area contributed by atoms with Crippen LogP contribution in [0, 0.1) is 0 Å². The second-order valence-electron chi connectivity index (χ2n) is 3.23. The van der Waals surface area contributed by atoms with Crippen LogP contribution in [0.15, 0.2) is 42.7 Å². The lowest BCUT2D eigenvalue weighted by Gasteiger charge is -1.91. The highest BCUT2D eigenvalue weighted by Gasteiger charge is 2.03. The van der Waals surface area contributed by atoms with E-state index in [1.54, 1.807) is 12.4 Å². The molecule has 0 unspecified atom stereocenters. The molecule has 15 heavy (non-hydrogen) atoms. The van der Waals surface area contributed by atoms with Crippen molar-refractivity contribution in [2.45, 2.75) is 0 Å². The molecule has 0 bridgehead atoms. The van der Waals surface area contributed by atoms with E-state index in [4.69, 9.17) is 0 Å². The number of hydrogen-bond donors (Lipinski definition) is 1. The molecule has 72 valence electrons. The molecule has 3 rings (SSSR count). The Morgan fingerprint density at radius 2 is 1.93 bits per heavy atom. The first-order valence-electron chi connectivity index (χ1n) is 4.65. The summed E-state index contributed by atoms with van der Waals surface area (Å²) < 4.78 is 0. The molecule has 0 aliphatic carbocycles. The van der Waals surface area contributed by atoms with Gasteiger partial charge in [0, 0.05) is 5.56 Å². The fraction of sp³-hybridized carbons (Fsp3) is 0. The van der Waals surface area contributed by atoms with Gasteiger partial charge in [0.2, 0.25) is 0 Å². The van der Waals surface area contributed by atoms with E-state index in [-0.39, 0.29) is 0 Å². The smallest absolute Gasteiger partial charge is 0.140 e. The number of rotatable bonds is 1. The van der Waals surface area contributed by atoms with E-state index in [2.05, 4.69) is 20.2 Å². The lowest BCUT2D eigenvalue weighted by Crippen LogP contribution is -1.83. The van der Waals surface area contributed by atoms with Gasteiger partial charge >= 0.3 is 0 Å². The third-order valence-corrected chi connectivity index (χ3v) is 2.25. The zero-order valence-electron chi connectivity index (χ0n) is 7.88. The summed E-state index contributed by atoms with van der Waals surface area (Å²) in [6.45, 7) is 0. The van der Waals surface area contributed by atoms with E-state index in [1.807, 2.05) is 30.3 Å². The number of fused-ring (bicyclic) bond motifs is 1. The van der Waals surface area contributed by atoms with Crippen LogP contribution in [0.1, 0.15) is 0 Å². The molecular weight excluding hydrogens is 188 g/mol. The van der Waals surface area contributed by atoms with Crippen LogP contribution in [0.2, 0.25) is 0 Å². The van der Waals surface area contributed by atoms with E-state index < -0.39 is 0 Å². The Hall–Kier alpha value is -2.23. The Morgan fingerprint density at radius 3 is 2.73 bits per heavy atom. The molecule has 0 saturated heterocycles. The van der Waals surface area contributed by atoms with Crippen LogP contribution in [-0.4, -0.2) is 20.2 Å². The molecule has 0 aliphatic rings. The number of imidazole rings is 1.